The summed E-state index contributed by atoms with van der Waals surface area (Å²) in [5.74, 6) is 0.541. The first kappa shape index (κ1) is 17.1. The Kier molecular flexibility index (Phi) is 6.17. The maximum Gasteiger partial charge on any atom is 0.243 e. The Bertz CT molecular complexity index is 506. The van der Waals surface area contributed by atoms with E-state index in [4.69, 9.17) is 5.11 Å². The minimum Gasteiger partial charge on any atom is -0.395 e. The molecule has 0 saturated carbocycles. The summed E-state index contributed by atoms with van der Waals surface area (Å²) in [6.07, 6.45) is 0.935. The molecule has 0 atom stereocenters. The van der Waals surface area contributed by atoms with E-state index in [0.717, 1.165) is 12.0 Å². The Balaban J connectivity index is 3.02. The first-order valence-corrected chi connectivity index (χ1v) is 8.44. The lowest BCUT2D eigenvalue weighted by Gasteiger charge is -2.25. The molecule has 0 amide bonds. The van der Waals surface area contributed by atoms with Gasteiger partial charge in [-0.1, -0.05) is 26.0 Å². The lowest BCUT2D eigenvalue weighted by atomic mass is 10.0. The van der Waals surface area contributed by atoms with Gasteiger partial charge in [-0.15, -0.1) is 0 Å². The quantitative estimate of drug-likeness (QED) is 0.840. The van der Waals surface area contributed by atoms with Gasteiger partial charge in [0.05, 0.1) is 11.5 Å². The van der Waals surface area contributed by atoms with E-state index in [-0.39, 0.29) is 24.1 Å². The van der Waals surface area contributed by atoms with E-state index in [1.807, 2.05) is 12.1 Å². The zero-order valence-corrected chi connectivity index (χ0v) is 13.5. The molecular weight excluding hydrogens is 274 g/mol. The smallest absolute Gasteiger partial charge is 0.243 e. The normalized spacial score (nSPS) is 12.6. The van der Waals surface area contributed by atoms with Crippen LogP contribution in [0.4, 0.5) is 0 Å². The van der Waals surface area contributed by atoms with Crippen LogP contribution in [0.3, 0.4) is 0 Å². The first-order valence-electron chi connectivity index (χ1n) is 7.00. The Morgan fingerprint density at radius 2 is 1.65 bits per heavy atom. The van der Waals surface area contributed by atoms with Crippen LogP contribution in [0.15, 0.2) is 29.2 Å². The summed E-state index contributed by atoms with van der Waals surface area (Å²) in [6, 6.07) is 6.86. The second-order valence-corrected chi connectivity index (χ2v) is 7.57. The van der Waals surface area contributed by atoms with Crippen LogP contribution in [-0.2, 0) is 16.4 Å². The van der Waals surface area contributed by atoms with Gasteiger partial charge in [-0.25, -0.2) is 8.42 Å². The first-order chi connectivity index (χ1) is 9.28. The summed E-state index contributed by atoms with van der Waals surface area (Å²) in [5.41, 5.74) is 1.14. The third-order valence-corrected chi connectivity index (χ3v) is 5.16. The van der Waals surface area contributed by atoms with Crippen molar-refractivity contribution in [3.8, 4) is 0 Å². The van der Waals surface area contributed by atoms with Gasteiger partial charge < -0.3 is 5.11 Å². The van der Waals surface area contributed by atoms with Crippen LogP contribution in [0.1, 0.15) is 33.3 Å². The molecule has 0 heterocycles. The van der Waals surface area contributed by atoms with Crippen molar-refractivity contribution in [3.63, 3.8) is 0 Å². The molecular formula is C15H25NO3S. The van der Waals surface area contributed by atoms with Crippen molar-refractivity contribution in [2.45, 2.75) is 45.1 Å². The molecule has 0 radical (unpaired) electrons. The molecule has 0 fully saturated rings. The van der Waals surface area contributed by atoms with Crippen molar-refractivity contribution < 1.29 is 13.5 Å². The fraction of sp³-hybridized carbons (Fsp3) is 0.600. The van der Waals surface area contributed by atoms with Gasteiger partial charge in [0.25, 0.3) is 0 Å². The lowest BCUT2D eigenvalue weighted by molar-refractivity contribution is 0.236. The number of aliphatic hydroxyl groups is 1. The third kappa shape index (κ3) is 4.30. The highest BCUT2D eigenvalue weighted by atomic mass is 32.2. The second kappa shape index (κ2) is 7.20. The van der Waals surface area contributed by atoms with E-state index in [0.29, 0.717) is 5.92 Å². The molecule has 0 aliphatic carbocycles. The van der Waals surface area contributed by atoms with Crippen LogP contribution in [0, 0.1) is 5.92 Å². The summed E-state index contributed by atoms with van der Waals surface area (Å²) in [5, 5.41) is 9.03. The van der Waals surface area contributed by atoms with Crippen LogP contribution in [0.5, 0.6) is 0 Å². The molecule has 1 aromatic rings. The molecule has 114 valence electrons. The largest absolute Gasteiger partial charge is 0.395 e. The predicted octanol–water partition coefficient (Wildman–Crippen LogP) is 2.28. The van der Waals surface area contributed by atoms with Crippen LogP contribution in [0.2, 0.25) is 0 Å². The van der Waals surface area contributed by atoms with Crippen molar-refractivity contribution in [2.75, 3.05) is 13.2 Å². The number of nitrogens with zero attached hydrogens (tertiary/aromatic N) is 1. The minimum absolute atomic E-state index is 0.119. The molecule has 0 aliphatic rings. The summed E-state index contributed by atoms with van der Waals surface area (Å²) in [4.78, 5) is 0.284. The zero-order valence-electron chi connectivity index (χ0n) is 12.7. The number of aliphatic hydroxyl groups excluding tert-OH is 1. The number of sulfonamides is 1. The van der Waals surface area contributed by atoms with E-state index in [9.17, 15) is 8.42 Å². The van der Waals surface area contributed by atoms with Crippen molar-refractivity contribution in [3.05, 3.63) is 29.8 Å². The molecule has 0 aromatic heterocycles. The summed E-state index contributed by atoms with van der Waals surface area (Å²) in [6.45, 7) is 7.82. The molecule has 4 nitrogen and oxygen atoms in total. The zero-order chi connectivity index (χ0) is 15.3. The number of hydrogen-bond donors (Lipinski definition) is 1. The van der Waals surface area contributed by atoms with Crippen molar-refractivity contribution >= 4 is 10.0 Å². The second-order valence-electron chi connectivity index (χ2n) is 5.68. The number of benzene rings is 1. The number of hydrogen-bond acceptors (Lipinski definition) is 3. The SMILES string of the molecule is CC(C)Cc1ccc(S(=O)(=O)N(CCO)C(C)C)cc1. The fourth-order valence-corrected chi connectivity index (χ4v) is 3.79. The highest BCUT2D eigenvalue weighted by Crippen LogP contribution is 2.19. The molecule has 1 aromatic carbocycles. The van der Waals surface area contributed by atoms with Crippen LogP contribution >= 0.6 is 0 Å². The molecule has 0 aliphatic heterocycles. The monoisotopic (exact) mass is 299 g/mol. The van der Waals surface area contributed by atoms with Gasteiger partial charge in [-0.05, 0) is 43.9 Å². The Morgan fingerprint density at radius 3 is 2.05 bits per heavy atom. The summed E-state index contributed by atoms with van der Waals surface area (Å²) < 4.78 is 26.3. The average molecular weight is 299 g/mol. The standard InChI is InChI=1S/C15H25NO3S/c1-12(2)11-14-5-7-15(8-6-14)20(18,19)16(9-10-17)13(3)4/h5-8,12-13,17H,9-11H2,1-4H3. The van der Waals surface area contributed by atoms with E-state index in [1.165, 1.54) is 4.31 Å². The summed E-state index contributed by atoms with van der Waals surface area (Å²) >= 11 is 0. The Labute approximate surface area is 122 Å². The van der Waals surface area contributed by atoms with Gasteiger partial charge in [0.2, 0.25) is 10.0 Å². The van der Waals surface area contributed by atoms with Crippen LogP contribution < -0.4 is 0 Å². The molecule has 20 heavy (non-hydrogen) atoms. The fourth-order valence-electron chi connectivity index (χ4n) is 2.16. The van der Waals surface area contributed by atoms with Gasteiger partial charge in [-0.2, -0.15) is 4.31 Å². The predicted molar refractivity (Wildman–Crippen MR) is 81.1 cm³/mol. The molecule has 1 N–H and O–H groups in total. The third-order valence-electron chi connectivity index (χ3n) is 3.07. The molecule has 0 bridgehead atoms. The topological polar surface area (TPSA) is 57.6 Å². The van der Waals surface area contributed by atoms with Gasteiger partial charge in [0.15, 0.2) is 0 Å². The highest BCUT2D eigenvalue weighted by Gasteiger charge is 2.26. The van der Waals surface area contributed by atoms with Crippen LogP contribution in [0.25, 0.3) is 0 Å². The maximum atomic E-state index is 12.5. The Hall–Kier alpha value is -0.910. The van der Waals surface area contributed by atoms with E-state index < -0.39 is 10.0 Å². The van der Waals surface area contributed by atoms with Crippen molar-refractivity contribution in [1.29, 1.82) is 0 Å². The van der Waals surface area contributed by atoms with Crippen LogP contribution in [-0.4, -0.2) is 37.0 Å². The van der Waals surface area contributed by atoms with Gasteiger partial charge in [-0.3, -0.25) is 0 Å². The minimum atomic E-state index is -3.53. The molecule has 5 heteroatoms. The van der Waals surface area contributed by atoms with Gasteiger partial charge in [0, 0.05) is 12.6 Å². The van der Waals surface area contributed by atoms with E-state index in [1.54, 1.807) is 26.0 Å². The number of rotatable bonds is 7. The highest BCUT2D eigenvalue weighted by molar-refractivity contribution is 7.89. The van der Waals surface area contributed by atoms with Crippen molar-refractivity contribution in [1.82, 2.24) is 4.31 Å². The van der Waals surface area contributed by atoms with Gasteiger partial charge >= 0.3 is 0 Å². The molecule has 0 spiro atoms. The molecule has 0 saturated heterocycles. The Morgan fingerprint density at radius 1 is 1.10 bits per heavy atom. The average Bonchev–Trinajstić information content (AvgIpc) is 2.35. The van der Waals surface area contributed by atoms with E-state index in [2.05, 4.69) is 13.8 Å². The van der Waals surface area contributed by atoms with Crippen molar-refractivity contribution in [2.24, 2.45) is 5.92 Å². The lowest BCUT2D eigenvalue weighted by Crippen LogP contribution is -2.38. The summed E-state index contributed by atoms with van der Waals surface area (Å²) in [7, 11) is -3.53. The maximum absolute atomic E-state index is 12.5. The van der Waals surface area contributed by atoms with E-state index >= 15 is 0 Å². The molecule has 0 unspecified atom stereocenters. The molecule has 1 rings (SSSR count). The van der Waals surface area contributed by atoms with Gasteiger partial charge in [0.1, 0.15) is 0 Å².